The number of anilines is 1. The molecule has 5 heteroatoms. The van der Waals surface area contributed by atoms with E-state index in [2.05, 4.69) is 0 Å². The molecule has 0 bridgehead atoms. The molecule has 0 aliphatic rings. The molecule has 0 aromatic heterocycles. The number of rotatable bonds is 3. The number of nitrogen functional groups attached to an aromatic ring is 1. The van der Waals surface area contributed by atoms with Crippen LogP contribution in [0.25, 0.3) is 0 Å². The van der Waals surface area contributed by atoms with Gasteiger partial charge in [0.2, 0.25) is 0 Å². The third-order valence-electron chi connectivity index (χ3n) is 2.31. The minimum Gasteiger partial charge on any atom is -0.494 e. The molecule has 0 aliphatic carbocycles. The summed E-state index contributed by atoms with van der Waals surface area (Å²) in [6, 6.07) is 10.2. The van der Waals surface area contributed by atoms with Gasteiger partial charge in [-0.3, -0.25) is 0 Å². The second-order valence-electron chi connectivity index (χ2n) is 3.58. The number of halogens is 2. The SMILES string of the molecule is COc1cc(Sc2cccc(Cl)c2)c(N)cc1F. The maximum atomic E-state index is 13.4. The van der Waals surface area contributed by atoms with E-state index < -0.39 is 5.82 Å². The standard InChI is InChI=1S/C13H11ClFNOS/c1-17-12-7-13(11(16)6-10(12)15)18-9-4-2-3-8(14)5-9/h2-7H,16H2,1H3. The van der Waals surface area contributed by atoms with Crippen molar-refractivity contribution in [1.82, 2.24) is 0 Å². The lowest BCUT2D eigenvalue weighted by Gasteiger charge is -2.09. The Labute approximate surface area is 114 Å². The lowest BCUT2D eigenvalue weighted by atomic mass is 10.3. The third-order valence-corrected chi connectivity index (χ3v) is 3.61. The quantitative estimate of drug-likeness (QED) is 0.857. The first-order valence-corrected chi connectivity index (χ1v) is 6.36. The van der Waals surface area contributed by atoms with E-state index in [1.54, 1.807) is 12.1 Å². The van der Waals surface area contributed by atoms with Crippen molar-refractivity contribution in [2.75, 3.05) is 12.8 Å². The van der Waals surface area contributed by atoms with Gasteiger partial charge in [-0.15, -0.1) is 0 Å². The molecule has 0 radical (unpaired) electrons. The van der Waals surface area contributed by atoms with E-state index >= 15 is 0 Å². The second-order valence-corrected chi connectivity index (χ2v) is 5.14. The van der Waals surface area contributed by atoms with Gasteiger partial charge in [0, 0.05) is 26.6 Å². The van der Waals surface area contributed by atoms with Gasteiger partial charge in [0.1, 0.15) is 0 Å². The van der Waals surface area contributed by atoms with Crippen LogP contribution in [-0.4, -0.2) is 7.11 Å². The molecule has 0 unspecified atom stereocenters. The maximum absolute atomic E-state index is 13.4. The van der Waals surface area contributed by atoms with Crippen molar-refractivity contribution in [1.29, 1.82) is 0 Å². The summed E-state index contributed by atoms with van der Waals surface area (Å²) in [5.74, 6) is -0.292. The Balaban J connectivity index is 2.34. The molecular weight excluding hydrogens is 273 g/mol. The molecule has 94 valence electrons. The molecule has 0 spiro atoms. The van der Waals surface area contributed by atoms with Crippen LogP contribution in [0.3, 0.4) is 0 Å². The summed E-state index contributed by atoms with van der Waals surface area (Å²) in [6.45, 7) is 0. The van der Waals surface area contributed by atoms with Crippen LogP contribution in [0, 0.1) is 5.82 Å². The van der Waals surface area contributed by atoms with Crippen LogP contribution in [0.1, 0.15) is 0 Å². The molecule has 2 aromatic carbocycles. The molecule has 2 rings (SSSR count). The van der Waals surface area contributed by atoms with Gasteiger partial charge in [-0.2, -0.15) is 0 Å². The normalized spacial score (nSPS) is 10.4. The Hall–Kier alpha value is -1.39. The van der Waals surface area contributed by atoms with Gasteiger partial charge < -0.3 is 10.5 Å². The van der Waals surface area contributed by atoms with Gasteiger partial charge in [0.25, 0.3) is 0 Å². The van der Waals surface area contributed by atoms with Gasteiger partial charge in [-0.1, -0.05) is 29.4 Å². The molecule has 0 aliphatic heterocycles. The fourth-order valence-corrected chi connectivity index (χ4v) is 2.64. The molecule has 0 saturated heterocycles. The molecule has 2 aromatic rings. The first-order chi connectivity index (χ1) is 8.60. The Morgan fingerprint density at radius 1 is 1.28 bits per heavy atom. The van der Waals surface area contributed by atoms with Crippen molar-refractivity contribution < 1.29 is 9.13 Å². The van der Waals surface area contributed by atoms with E-state index in [0.29, 0.717) is 10.7 Å². The van der Waals surface area contributed by atoms with E-state index in [0.717, 1.165) is 9.79 Å². The Morgan fingerprint density at radius 2 is 2.06 bits per heavy atom. The highest BCUT2D eigenvalue weighted by atomic mass is 35.5. The number of benzene rings is 2. The lowest BCUT2D eigenvalue weighted by Crippen LogP contribution is -1.94. The van der Waals surface area contributed by atoms with Crippen LogP contribution < -0.4 is 10.5 Å². The van der Waals surface area contributed by atoms with Gasteiger partial charge in [0.05, 0.1) is 7.11 Å². The van der Waals surface area contributed by atoms with Crippen LogP contribution in [0.15, 0.2) is 46.2 Å². The molecule has 18 heavy (non-hydrogen) atoms. The topological polar surface area (TPSA) is 35.2 Å². The van der Waals surface area contributed by atoms with Crippen LogP contribution in [0.4, 0.5) is 10.1 Å². The number of hydrogen-bond donors (Lipinski definition) is 1. The summed E-state index contributed by atoms with van der Waals surface area (Å²) in [5.41, 5.74) is 6.15. The van der Waals surface area contributed by atoms with Crippen LogP contribution in [-0.2, 0) is 0 Å². The van der Waals surface area contributed by atoms with Crippen LogP contribution in [0.2, 0.25) is 5.02 Å². The molecule has 2 nitrogen and oxygen atoms in total. The summed E-state index contributed by atoms with van der Waals surface area (Å²) < 4.78 is 18.3. The molecule has 0 amide bonds. The third kappa shape index (κ3) is 2.89. The zero-order valence-electron chi connectivity index (χ0n) is 9.61. The Bertz CT molecular complexity index is 577. The summed E-state index contributed by atoms with van der Waals surface area (Å²) in [7, 11) is 1.42. The van der Waals surface area contributed by atoms with Gasteiger partial charge >= 0.3 is 0 Å². The molecule has 0 saturated carbocycles. The largest absolute Gasteiger partial charge is 0.494 e. The van der Waals surface area contributed by atoms with E-state index in [4.69, 9.17) is 22.1 Å². The summed E-state index contributed by atoms with van der Waals surface area (Å²) in [6.07, 6.45) is 0. The van der Waals surface area contributed by atoms with Gasteiger partial charge in [-0.25, -0.2) is 4.39 Å². The minimum atomic E-state index is -0.467. The monoisotopic (exact) mass is 283 g/mol. The van der Waals surface area contributed by atoms with E-state index in [-0.39, 0.29) is 5.75 Å². The average molecular weight is 284 g/mol. The predicted octanol–water partition coefficient (Wildman–Crippen LogP) is 4.22. The highest BCUT2D eigenvalue weighted by Gasteiger charge is 2.09. The fraction of sp³-hybridized carbons (Fsp3) is 0.0769. The van der Waals surface area contributed by atoms with Crippen molar-refractivity contribution in [2.45, 2.75) is 9.79 Å². The van der Waals surface area contributed by atoms with E-state index in [9.17, 15) is 4.39 Å². The summed E-state index contributed by atoms with van der Waals surface area (Å²) in [5, 5.41) is 0.646. The van der Waals surface area contributed by atoms with Crippen molar-refractivity contribution >= 4 is 29.1 Å². The lowest BCUT2D eigenvalue weighted by molar-refractivity contribution is 0.385. The molecule has 0 fully saturated rings. The zero-order chi connectivity index (χ0) is 13.1. The number of ether oxygens (including phenoxy) is 1. The maximum Gasteiger partial charge on any atom is 0.167 e. The van der Waals surface area contributed by atoms with Crippen molar-refractivity contribution in [3.8, 4) is 5.75 Å². The predicted molar refractivity (Wildman–Crippen MR) is 72.9 cm³/mol. The molecular formula is C13H11ClFNOS. The highest BCUT2D eigenvalue weighted by molar-refractivity contribution is 7.99. The summed E-state index contributed by atoms with van der Waals surface area (Å²) >= 11 is 7.32. The van der Waals surface area contributed by atoms with Crippen molar-refractivity contribution in [2.24, 2.45) is 0 Å². The van der Waals surface area contributed by atoms with Gasteiger partial charge in [0.15, 0.2) is 11.6 Å². The number of hydrogen-bond acceptors (Lipinski definition) is 3. The Morgan fingerprint density at radius 3 is 2.72 bits per heavy atom. The number of methoxy groups -OCH3 is 1. The molecule has 0 atom stereocenters. The van der Waals surface area contributed by atoms with Crippen LogP contribution in [0.5, 0.6) is 5.75 Å². The first-order valence-electron chi connectivity index (χ1n) is 5.16. The van der Waals surface area contributed by atoms with E-state index in [1.165, 1.54) is 24.9 Å². The zero-order valence-corrected chi connectivity index (χ0v) is 11.2. The molecule has 0 heterocycles. The molecule has 2 N–H and O–H groups in total. The Kier molecular flexibility index (Phi) is 3.99. The highest BCUT2D eigenvalue weighted by Crippen LogP contribution is 2.36. The minimum absolute atomic E-state index is 0.175. The average Bonchev–Trinajstić information content (AvgIpc) is 2.33. The summed E-state index contributed by atoms with van der Waals surface area (Å²) in [4.78, 5) is 1.67. The smallest absolute Gasteiger partial charge is 0.167 e. The van der Waals surface area contributed by atoms with Crippen molar-refractivity contribution in [3.63, 3.8) is 0 Å². The first kappa shape index (κ1) is 13.1. The van der Waals surface area contributed by atoms with Gasteiger partial charge in [-0.05, 0) is 24.3 Å². The van der Waals surface area contributed by atoms with Crippen molar-refractivity contribution in [3.05, 3.63) is 47.2 Å². The van der Waals surface area contributed by atoms with E-state index in [1.807, 2.05) is 18.2 Å². The second kappa shape index (κ2) is 5.50. The number of nitrogens with two attached hydrogens (primary N) is 1. The fourth-order valence-electron chi connectivity index (χ4n) is 1.45. The van der Waals surface area contributed by atoms with Crippen LogP contribution >= 0.6 is 23.4 Å².